The van der Waals surface area contributed by atoms with Crippen molar-refractivity contribution in [2.24, 2.45) is 0 Å². The van der Waals surface area contributed by atoms with Crippen LogP contribution >= 0.6 is 0 Å². The molecule has 0 amide bonds. The molecule has 1 aliphatic carbocycles. The summed E-state index contributed by atoms with van der Waals surface area (Å²) in [5, 5.41) is 5.02. The monoisotopic (exact) mass is 614 g/mol. The van der Waals surface area contributed by atoms with Crippen LogP contribution in [-0.4, -0.2) is 4.57 Å². The summed E-state index contributed by atoms with van der Waals surface area (Å²) < 4.78 is 2.37. The number of allylic oxidation sites excluding steroid dienone is 4. The van der Waals surface area contributed by atoms with Gasteiger partial charge in [-0.25, -0.2) is 0 Å². The molecule has 0 atom stereocenters. The summed E-state index contributed by atoms with van der Waals surface area (Å²) in [6, 6.07) is 59.5. The molecule has 8 aromatic rings. The lowest BCUT2D eigenvalue weighted by atomic mass is 9.99. The average molecular weight is 615 g/mol. The fourth-order valence-corrected chi connectivity index (χ4v) is 7.27. The van der Waals surface area contributed by atoms with Crippen molar-refractivity contribution in [3.63, 3.8) is 0 Å². The second kappa shape index (κ2) is 11.9. The van der Waals surface area contributed by atoms with Crippen LogP contribution in [0.5, 0.6) is 0 Å². The summed E-state index contributed by atoms with van der Waals surface area (Å²) in [6.45, 7) is 0. The molecule has 1 heterocycles. The molecule has 48 heavy (non-hydrogen) atoms. The molecular formula is C46H34N2. The summed E-state index contributed by atoms with van der Waals surface area (Å²) in [7, 11) is 0. The van der Waals surface area contributed by atoms with E-state index < -0.39 is 0 Å². The highest BCUT2D eigenvalue weighted by Crippen LogP contribution is 2.40. The normalized spacial score (nSPS) is 12.9. The molecule has 0 bridgehead atoms. The molecule has 0 radical (unpaired) electrons. The minimum absolute atomic E-state index is 1.10. The molecule has 0 saturated heterocycles. The van der Waals surface area contributed by atoms with Crippen molar-refractivity contribution in [1.82, 2.24) is 4.57 Å². The van der Waals surface area contributed by atoms with Crippen LogP contribution in [0, 0.1) is 0 Å². The average Bonchev–Trinajstić information content (AvgIpc) is 3.50. The van der Waals surface area contributed by atoms with Crippen LogP contribution in [0.1, 0.15) is 18.4 Å². The van der Waals surface area contributed by atoms with Crippen molar-refractivity contribution in [3.8, 4) is 16.8 Å². The van der Waals surface area contributed by atoms with Gasteiger partial charge in [-0.3, -0.25) is 0 Å². The zero-order chi connectivity index (χ0) is 31.9. The Labute approximate surface area is 281 Å². The van der Waals surface area contributed by atoms with Crippen molar-refractivity contribution < 1.29 is 0 Å². The SMILES string of the molecule is C1=CC(c2ccc(N(c3ccc(-c4ccc(-n5c6ccccc6c6ccccc65)cc4)cc3)c3cccc4ccccc34)cc2)=CCC1. The number of hydrogen-bond donors (Lipinski definition) is 0. The van der Waals surface area contributed by atoms with Crippen molar-refractivity contribution in [2.45, 2.75) is 12.8 Å². The maximum Gasteiger partial charge on any atom is 0.0541 e. The van der Waals surface area contributed by atoms with E-state index in [1.165, 1.54) is 60.5 Å². The third-order valence-electron chi connectivity index (χ3n) is 9.63. The van der Waals surface area contributed by atoms with E-state index in [1.807, 2.05) is 0 Å². The van der Waals surface area contributed by atoms with Gasteiger partial charge in [-0.05, 0) is 95.1 Å². The van der Waals surface area contributed by atoms with Gasteiger partial charge >= 0.3 is 0 Å². The Hall–Kier alpha value is -6.12. The highest BCUT2D eigenvalue weighted by molar-refractivity contribution is 6.09. The summed E-state index contributed by atoms with van der Waals surface area (Å²) in [6.07, 6.45) is 9.08. The number of rotatable bonds is 6. The Morgan fingerprint density at radius 1 is 0.438 bits per heavy atom. The van der Waals surface area contributed by atoms with Gasteiger partial charge in [0, 0.05) is 33.2 Å². The lowest BCUT2D eigenvalue weighted by Crippen LogP contribution is -2.10. The van der Waals surface area contributed by atoms with Gasteiger partial charge in [-0.15, -0.1) is 0 Å². The molecular weight excluding hydrogens is 581 g/mol. The molecule has 7 aromatic carbocycles. The Balaban J connectivity index is 1.08. The van der Waals surface area contributed by atoms with Gasteiger partial charge in [0.05, 0.1) is 16.7 Å². The second-order valence-corrected chi connectivity index (χ2v) is 12.5. The van der Waals surface area contributed by atoms with E-state index in [9.17, 15) is 0 Å². The van der Waals surface area contributed by atoms with Gasteiger partial charge in [-0.1, -0.05) is 127 Å². The molecule has 228 valence electrons. The first-order chi connectivity index (χ1) is 23.8. The van der Waals surface area contributed by atoms with Crippen molar-refractivity contribution in [3.05, 3.63) is 188 Å². The van der Waals surface area contributed by atoms with E-state index in [0.717, 1.165) is 29.9 Å². The lowest BCUT2D eigenvalue weighted by Gasteiger charge is -2.27. The van der Waals surface area contributed by atoms with Gasteiger partial charge in [-0.2, -0.15) is 0 Å². The van der Waals surface area contributed by atoms with Crippen molar-refractivity contribution in [2.75, 3.05) is 4.90 Å². The molecule has 0 unspecified atom stereocenters. The predicted octanol–water partition coefficient (Wildman–Crippen LogP) is 12.8. The first kappa shape index (κ1) is 28.1. The summed E-state index contributed by atoms with van der Waals surface area (Å²) >= 11 is 0. The third kappa shape index (κ3) is 4.90. The van der Waals surface area contributed by atoms with E-state index in [1.54, 1.807) is 0 Å². The smallest absolute Gasteiger partial charge is 0.0541 e. The number of para-hydroxylation sites is 2. The number of nitrogens with zero attached hydrogens (tertiary/aromatic N) is 2. The van der Waals surface area contributed by atoms with Crippen molar-refractivity contribution >= 4 is 55.2 Å². The summed E-state index contributed by atoms with van der Waals surface area (Å²) in [5.41, 5.74) is 12.0. The Morgan fingerprint density at radius 3 is 1.60 bits per heavy atom. The van der Waals surface area contributed by atoms with Crippen LogP contribution in [0.25, 0.3) is 55.0 Å². The van der Waals surface area contributed by atoms with Gasteiger partial charge < -0.3 is 9.47 Å². The zero-order valence-corrected chi connectivity index (χ0v) is 26.6. The number of hydrogen-bond acceptors (Lipinski definition) is 1. The molecule has 2 heteroatoms. The van der Waals surface area contributed by atoms with E-state index >= 15 is 0 Å². The van der Waals surface area contributed by atoms with Crippen molar-refractivity contribution in [1.29, 1.82) is 0 Å². The maximum absolute atomic E-state index is 2.38. The van der Waals surface area contributed by atoms with E-state index in [2.05, 4.69) is 191 Å². The summed E-state index contributed by atoms with van der Waals surface area (Å²) in [5.74, 6) is 0. The molecule has 0 saturated carbocycles. The molecule has 2 nitrogen and oxygen atoms in total. The number of benzene rings is 7. The zero-order valence-electron chi connectivity index (χ0n) is 26.6. The number of fused-ring (bicyclic) bond motifs is 4. The van der Waals surface area contributed by atoms with Gasteiger partial charge in [0.2, 0.25) is 0 Å². The largest absolute Gasteiger partial charge is 0.310 e. The lowest BCUT2D eigenvalue weighted by molar-refractivity contribution is 1.04. The van der Waals surface area contributed by atoms with Crippen LogP contribution in [0.2, 0.25) is 0 Å². The number of aromatic nitrogens is 1. The fraction of sp³-hybridized carbons (Fsp3) is 0.0435. The van der Waals surface area contributed by atoms with Crippen LogP contribution in [-0.2, 0) is 0 Å². The second-order valence-electron chi connectivity index (χ2n) is 12.5. The number of anilines is 3. The quantitative estimate of drug-likeness (QED) is 0.181. The topological polar surface area (TPSA) is 8.17 Å². The van der Waals surface area contributed by atoms with Crippen LogP contribution in [0.4, 0.5) is 17.1 Å². The van der Waals surface area contributed by atoms with Gasteiger partial charge in [0.15, 0.2) is 0 Å². The van der Waals surface area contributed by atoms with E-state index in [4.69, 9.17) is 0 Å². The molecule has 0 N–H and O–H groups in total. The molecule has 0 spiro atoms. The minimum atomic E-state index is 1.10. The molecule has 9 rings (SSSR count). The highest BCUT2D eigenvalue weighted by atomic mass is 15.1. The van der Waals surface area contributed by atoms with E-state index in [-0.39, 0.29) is 0 Å². The maximum atomic E-state index is 2.38. The first-order valence-corrected chi connectivity index (χ1v) is 16.8. The molecule has 0 aliphatic heterocycles. The predicted molar refractivity (Wildman–Crippen MR) is 205 cm³/mol. The fourth-order valence-electron chi connectivity index (χ4n) is 7.27. The van der Waals surface area contributed by atoms with Crippen LogP contribution < -0.4 is 4.90 Å². The molecule has 1 aliphatic rings. The summed E-state index contributed by atoms with van der Waals surface area (Å²) in [4.78, 5) is 2.38. The first-order valence-electron chi connectivity index (χ1n) is 16.8. The third-order valence-corrected chi connectivity index (χ3v) is 9.63. The standard InChI is InChI=1S/C46H34N2/c1-2-11-33(12-3-1)34-21-27-38(28-22-34)47(44-20-10-14-37-13-4-5-15-41(37)44)39-29-23-35(24-30-39)36-25-31-40(32-26-36)48-45-18-8-6-16-42(45)43-17-7-9-19-46(43)48/h2,4-32H,1,3H2. The van der Waals surface area contributed by atoms with E-state index in [0.29, 0.717) is 0 Å². The Kier molecular flexibility index (Phi) is 6.98. The Morgan fingerprint density at radius 2 is 0.979 bits per heavy atom. The highest BCUT2D eigenvalue weighted by Gasteiger charge is 2.16. The Bertz CT molecular complexity index is 2420. The van der Waals surface area contributed by atoms with Crippen LogP contribution in [0.3, 0.4) is 0 Å². The molecule has 1 aromatic heterocycles. The molecule has 0 fully saturated rings. The van der Waals surface area contributed by atoms with Gasteiger partial charge in [0.25, 0.3) is 0 Å². The van der Waals surface area contributed by atoms with Gasteiger partial charge in [0.1, 0.15) is 0 Å². The van der Waals surface area contributed by atoms with Crippen LogP contribution in [0.15, 0.2) is 182 Å². The minimum Gasteiger partial charge on any atom is -0.310 e.